The van der Waals surface area contributed by atoms with Gasteiger partial charge in [-0.1, -0.05) is 56.5 Å². The van der Waals surface area contributed by atoms with E-state index in [0.717, 1.165) is 6.42 Å². The molecule has 0 saturated heterocycles. The van der Waals surface area contributed by atoms with Crippen molar-refractivity contribution in [3.63, 3.8) is 0 Å². The minimum absolute atomic E-state index is 0.0171. The van der Waals surface area contributed by atoms with Gasteiger partial charge in [-0.15, -0.1) is 0 Å². The molecule has 0 fully saturated rings. The quantitative estimate of drug-likeness (QED) is 0.617. The number of rotatable bonds is 11. The molecule has 1 rings (SSSR count). The number of unbranched alkanes of at least 4 members (excludes halogenated alkanes) is 2. The number of methoxy groups -OCH3 is 1. The van der Waals surface area contributed by atoms with Crippen molar-refractivity contribution in [3.8, 4) is 0 Å². The molecule has 0 heterocycles. The zero-order valence-electron chi connectivity index (χ0n) is 13.2. The predicted octanol–water partition coefficient (Wildman–Crippen LogP) is 2.66. The fourth-order valence-corrected chi connectivity index (χ4v) is 2.24. The molecule has 0 aliphatic carbocycles. The van der Waals surface area contributed by atoms with E-state index in [1.807, 2.05) is 18.2 Å². The molecule has 1 atom stereocenters. The Morgan fingerprint density at radius 3 is 2.67 bits per heavy atom. The van der Waals surface area contributed by atoms with Crippen LogP contribution in [-0.4, -0.2) is 32.7 Å². The molecule has 0 spiro atoms. The van der Waals surface area contributed by atoms with Gasteiger partial charge in [0.05, 0.1) is 13.2 Å². The number of amides is 1. The van der Waals surface area contributed by atoms with Crippen molar-refractivity contribution in [2.45, 2.75) is 38.6 Å². The van der Waals surface area contributed by atoms with E-state index in [4.69, 9.17) is 4.74 Å². The van der Waals surface area contributed by atoms with E-state index in [1.165, 1.54) is 24.8 Å². The normalized spacial score (nSPS) is 12.1. The van der Waals surface area contributed by atoms with Crippen LogP contribution < -0.4 is 10.6 Å². The predicted molar refractivity (Wildman–Crippen MR) is 86.2 cm³/mol. The Balaban J connectivity index is 2.43. The third kappa shape index (κ3) is 7.83. The summed E-state index contributed by atoms with van der Waals surface area (Å²) in [5.41, 5.74) is 1.25. The van der Waals surface area contributed by atoms with Crippen molar-refractivity contribution in [2.24, 2.45) is 0 Å². The summed E-state index contributed by atoms with van der Waals surface area (Å²) in [4.78, 5) is 11.8. The zero-order chi connectivity index (χ0) is 15.3. The molecule has 1 amide bonds. The maximum absolute atomic E-state index is 11.8. The third-order valence-corrected chi connectivity index (χ3v) is 3.44. The topological polar surface area (TPSA) is 50.4 Å². The number of ether oxygens (including phenoxy) is 1. The van der Waals surface area contributed by atoms with Crippen LogP contribution in [0.4, 0.5) is 0 Å². The highest BCUT2D eigenvalue weighted by molar-refractivity contribution is 5.78. The second-order valence-electron chi connectivity index (χ2n) is 5.18. The summed E-state index contributed by atoms with van der Waals surface area (Å²) in [6, 6.07) is 10.6. The van der Waals surface area contributed by atoms with E-state index in [-0.39, 0.29) is 11.9 Å². The summed E-state index contributed by atoms with van der Waals surface area (Å²) in [7, 11) is 1.63. The Labute approximate surface area is 128 Å². The van der Waals surface area contributed by atoms with E-state index in [0.29, 0.717) is 19.7 Å². The van der Waals surface area contributed by atoms with Crippen LogP contribution in [-0.2, 0) is 9.53 Å². The van der Waals surface area contributed by atoms with Crippen molar-refractivity contribution < 1.29 is 9.53 Å². The first-order chi connectivity index (χ1) is 10.3. The molecule has 118 valence electrons. The van der Waals surface area contributed by atoms with Crippen LogP contribution in [0, 0.1) is 0 Å². The Morgan fingerprint density at radius 1 is 1.24 bits per heavy atom. The number of carbonyl (C=O) groups is 1. The van der Waals surface area contributed by atoms with Gasteiger partial charge in [0.15, 0.2) is 0 Å². The SMILES string of the molecule is CCCCCC(NCC(=O)NCCOC)c1ccccc1. The molecule has 0 aliphatic rings. The van der Waals surface area contributed by atoms with Gasteiger partial charge in [-0.2, -0.15) is 0 Å². The molecule has 1 unspecified atom stereocenters. The van der Waals surface area contributed by atoms with Crippen molar-refractivity contribution in [1.29, 1.82) is 0 Å². The minimum Gasteiger partial charge on any atom is -0.383 e. The second kappa shape index (κ2) is 11.3. The molecular weight excluding hydrogens is 264 g/mol. The summed E-state index contributed by atoms with van der Waals surface area (Å²) in [5, 5.41) is 6.20. The van der Waals surface area contributed by atoms with Crippen molar-refractivity contribution in [3.05, 3.63) is 35.9 Å². The van der Waals surface area contributed by atoms with Crippen LogP contribution in [0.15, 0.2) is 30.3 Å². The average molecular weight is 292 g/mol. The lowest BCUT2D eigenvalue weighted by Gasteiger charge is -2.19. The molecule has 4 heteroatoms. The Morgan fingerprint density at radius 2 is 2.00 bits per heavy atom. The van der Waals surface area contributed by atoms with E-state index < -0.39 is 0 Å². The van der Waals surface area contributed by atoms with Crippen LogP contribution >= 0.6 is 0 Å². The lowest BCUT2D eigenvalue weighted by atomic mass is 10.0. The Bertz CT molecular complexity index is 382. The molecule has 0 saturated carbocycles. The van der Waals surface area contributed by atoms with Gasteiger partial charge in [-0.25, -0.2) is 0 Å². The van der Waals surface area contributed by atoms with Crippen LogP contribution in [0.25, 0.3) is 0 Å². The smallest absolute Gasteiger partial charge is 0.234 e. The van der Waals surface area contributed by atoms with Gasteiger partial charge in [-0.3, -0.25) is 4.79 Å². The first-order valence-electron chi connectivity index (χ1n) is 7.82. The molecule has 2 N–H and O–H groups in total. The highest BCUT2D eigenvalue weighted by Crippen LogP contribution is 2.19. The lowest BCUT2D eigenvalue weighted by Crippen LogP contribution is -2.37. The first-order valence-corrected chi connectivity index (χ1v) is 7.82. The highest BCUT2D eigenvalue weighted by Gasteiger charge is 2.12. The standard InChI is InChI=1S/C17H28N2O2/c1-3-4-6-11-16(15-9-7-5-8-10-15)19-14-17(20)18-12-13-21-2/h5,7-10,16,19H,3-4,6,11-14H2,1-2H3,(H,18,20). The fourth-order valence-electron chi connectivity index (χ4n) is 2.24. The van der Waals surface area contributed by atoms with Gasteiger partial charge in [0.25, 0.3) is 0 Å². The molecule has 1 aromatic carbocycles. The van der Waals surface area contributed by atoms with Crippen LogP contribution in [0.3, 0.4) is 0 Å². The first kappa shape index (κ1) is 17.7. The Kier molecular flexibility index (Phi) is 9.49. The van der Waals surface area contributed by atoms with Crippen molar-refractivity contribution in [2.75, 3.05) is 26.8 Å². The molecule has 1 aromatic rings. The summed E-state index contributed by atoms with van der Waals surface area (Å²) >= 11 is 0. The maximum atomic E-state index is 11.8. The highest BCUT2D eigenvalue weighted by atomic mass is 16.5. The third-order valence-electron chi connectivity index (χ3n) is 3.44. The summed E-state index contributed by atoms with van der Waals surface area (Å²) < 4.78 is 4.92. The number of nitrogens with one attached hydrogen (secondary N) is 2. The van der Waals surface area contributed by atoms with Gasteiger partial charge in [0, 0.05) is 19.7 Å². The molecular formula is C17H28N2O2. The second-order valence-corrected chi connectivity index (χ2v) is 5.18. The minimum atomic E-state index is 0.0171. The molecule has 0 aromatic heterocycles. The summed E-state index contributed by atoms with van der Waals surface area (Å²) in [6.45, 7) is 3.65. The van der Waals surface area contributed by atoms with E-state index in [2.05, 4.69) is 29.7 Å². The van der Waals surface area contributed by atoms with Crippen LogP contribution in [0.1, 0.15) is 44.2 Å². The molecule has 21 heavy (non-hydrogen) atoms. The van der Waals surface area contributed by atoms with E-state index >= 15 is 0 Å². The number of hydrogen-bond acceptors (Lipinski definition) is 3. The van der Waals surface area contributed by atoms with Crippen molar-refractivity contribution >= 4 is 5.91 Å². The van der Waals surface area contributed by atoms with E-state index in [1.54, 1.807) is 7.11 Å². The Hall–Kier alpha value is -1.39. The van der Waals surface area contributed by atoms with Gasteiger partial charge < -0.3 is 15.4 Å². The van der Waals surface area contributed by atoms with Gasteiger partial charge in [0.1, 0.15) is 0 Å². The molecule has 0 bridgehead atoms. The molecule has 0 aliphatic heterocycles. The molecule has 4 nitrogen and oxygen atoms in total. The van der Waals surface area contributed by atoms with Gasteiger partial charge in [-0.05, 0) is 12.0 Å². The van der Waals surface area contributed by atoms with Crippen LogP contribution in [0.5, 0.6) is 0 Å². The average Bonchev–Trinajstić information content (AvgIpc) is 2.52. The number of carbonyl (C=O) groups excluding carboxylic acids is 1. The number of benzene rings is 1. The summed E-state index contributed by atoms with van der Waals surface area (Å²) in [6.07, 6.45) is 4.67. The van der Waals surface area contributed by atoms with E-state index in [9.17, 15) is 4.79 Å². The van der Waals surface area contributed by atoms with Gasteiger partial charge in [0.2, 0.25) is 5.91 Å². The van der Waals surface area contributed by atoms with Crippen molar-refractivity contribution in [1.82, 2.24) is 10.6 Å². The maximum Gasteiger partial charge on any atom is 0.234 e. The number of hydrogen-bond donors (Lipinski definition) is 2. The fraction of sp³-hybridized carbons (Fsp3) is 0.588. The monoisotopic (exact) mass is 292 g/mol. The molecule has 0 radical (unpaired) electrons. The zero-order valence-corrected chi connectivity index (χ0v) is 13.2. The van der Waals surface area contributed by atoms with Gasteiger partial charge >= 0.3 is 0 Å². The summed E-state index contributed by atoms with van der Waals surface area (Å²) in [5.74, 6) is 0.0171. The lowest BCUT2D eigenvalue weighted by molar-refractivity contribution is -0.120. The van der Waals surface area contributed by atoms with Crippen LogP contribution in [0.2, 0.25) is 0 Å². The largest absolute Gasteiger partial charge is 0.383 e.